The normalized spacial score (nSPS) is 26.0. The summed E-state index contributed by atoms with van der Waals surface area (Å²) in [4.78, 5) is 0. The molecule has 2 fully saturated rings. The van der Waals surface area contributed by atoms with Crippen molar-refractivity contribution in [3.05, 3.63) is 53.6 Å². The zero-order chi connectivity index (χ0) is 15.6. The summed E-state index contributed by atoms with van der Waals surface area (Å²) in [6.07, 6.45) is 4.86. The zero-order valence-corrected chi connectivity index (χ0v) is 13.6. The Bertz CT molecular complexity index is 664. The molecule has 0 aromatic heterocycles. The molecule has 2 aromatic rings. The van der Waals surface area contributed by atoms with Crippen molar-refractivity contribution in [1.29, 1.82) is 0 Å². The van der Waals surface area contributed by atoms with Crippen molar-refractivity contribution in [2.24, 2.45) is 0 Å². The molecule has 0 saturated carbocycles. The van der Waals surface area contributed by atoms with Crippen LogP contribution in [0.1, 0.15) is 25.7 Å². The van der Waals surface area contributed by atoms with E-state index in [4.69, 9.17) is 21.1 Å². The summed E-state index contributed by atoms with van der Waals surface area (Å²) < 4.78 is 12.1. The number of ether oxygens (including phenoxy) is 2. The van der Waals surface area contributed by atoms with E-state index in [1.807, 2.05) is 48.5 Å². The second-order valence-electron chi connectivity index (χ2n) is 6.36. The van der Waals surface area contributed by atoms with Gasteiger partial charge in [0, 0.05) is 18.2 Å². The minimum absolute atomic E-state index is 0.234. The topological polar surface area (TPSA) is 30.5 Å². The lowest BCUT2D eigenvalue weighted by Crippen LogP contribution is -2.42. The number of para-hydroxylation sites is 1. The van der Waals surface area contributed by atoms with Gasteiger partial charge in [-0.3, -0.25) is 0 Å². The highest BCUT2D eigenvalue weighted by Crippen LogP contribution is 2.35. The average molecular weight is 330 g/mol. The van der Waals surface area contributed by atoms with E-state index in [0.717, 1.165) is 24.3 Å². The third-order valence-corrected chi connectivity index (χ3v) is 4.92. The average Bonchev–Trinajstić information content (AvgIpc) is 2.90. The quantitative estimate of drug-likeness (QED) is 0.874. The summed E-state index contributed by atoms with van der Waals surface area (Å²) in [7, 11) is 0. The number of fused-ring (bicyclic) bond motifs is 2. The van der Waals surface area contributed by atoms with Crippen LogP contribution in [0, 0.1) is 0 Å². The SMILES string of the molecule is Clc1ccc(Oc2ccccc2)cc1OC1CC2CCC(C1)N2. The predicted molar refractivity (Wildman–Crippen MR) is 91.6 cm³/mol. The van der Waals surface area contributed by atoms with E-state index in [-0.39, 0.29) is 6.10 Å². The molecule has 0 amide bonds. The Morgan fingerprint density at radius 1 is 0.913 bits per heavy atom. The van der Waals surface area contributed by atoms with Crippen LogP contribution in [0.5, 0.6) is 17.2 Å². The second kappa shape index (κ2) is 6.42. The highest BCUT2D eigenvalue weighted by Gasteiger charge is 2.34. The number of nitrogens with one attached hydrogen (secondary N) is 1. The molecule has 2 saturated heterocycles. The lowest BCUT2D eigenvalue weighted by atomic mass is 10.0. The molecule has 0 aliphatic carbocycles. The Kier molecular flexibility index (Phi) is 4.15. The van der Waals surface area contributed by atoms with Gasteiger partial charge in [0.05, 0.1) is 5.02 Å². The number of rotatable bonds is 4. The number of piperidine rings is 1. The van der Waals surface area contributed by atoms with E-state index >= 15 is 0 Å². The largest absolute Gasteiger partial charge is 0.489 e. The van der Waals surface area contributed by atoms with Gasteiger partial charge in [0.1, 0.15) is 23.4 Å². The van der Waals surface area contributed by atoms with Crippen LogP contribution in [-0.4, -0.2) is 18.2 Å². The van der Waals surface area contributed by atoms with E-state index in [2.05, 4.69) is 5.32 Å². The van der Waals surface area contributed by atoms with Crippen LogP contribution >= 0.6 is 11.6 Å². The summed E-state index contributed by atoms with van der Waals surface area (Å²) in [6.45, 7) is 0. The van der Waals surface area contributed by atoms with Crippen molar-refractivity contribution in [2.45, 2.75) is 43.9 Å². The van der Waals surface area contributed by atoms with Crippen molar-refractivity contribution in [3.8, 4) is 17.2 Å². The van der Waals surface area contributed by atoms with Gasteiger partial charge in [0.15, 0.2) is 0 Å². The molecule has 2 heterocycles. The highest BCUT2D eigenvalue weighted by molar-refractivity contribution is 6.32. The minimum Gasteiger partial charge on any atom is -0.489 e. The number of benzene rings is 2. The monoisotopic (exact) mass is 329 g/mol. The van der Waals surface area contributed by atoms with Crippen LogP contribution in [0.4, 0.5) is 0 Å². The summed E-state index contributed by atoms with van der Waals surface area (Å²) in [5.74, 6) is 2.26. The first-order valence-electron chi connectivity index (χ1n) is 8.21. The fraction of sp³-hybridized carbons (Fsp3) is 0.368. The first-order valence-corrected chi connectivity index (χ1v) is 8.59. The van der Waals surface area contributed by atoms with Gasteiger partial charge < -0.3 is 14.8 Å². The number of hydrogen-bond donors (Lipinski definition) is 1. The van der Waals surface area contributed by atoms with E-state index in [9.17, 15) is 0 Å². The second-order valence-corrected chi connectivity index (χ2v) is 6.76. The fourth-order valence-electron chi connectivity index (χ4n) is 3.54. The van der Waals surface area contributed by atoms with Crippen LogP contribution in [0.25, 0.3) is 0 Å². The first kappa shape index (κ1) is 14.9. The van der Waals surface area contributed by atoms with Crippen LogP contribution in [0.15, 0.2) is 48.5 Å². The van der Waals surface area contributed by atoms with Crippen molar-refractivity contribution in [2.75, 3.05) is 0 Å². The van der Waals surface area contributed by atoms with Crippen molar-refractivity contribution in [3.63, 3.8) is 0 Å². The Morgan fingerprint density at radius 2 is 1.65 bits per heavy atom. The molecule has 0 radical (unpaired) electrons. The van der Waals surface area contributed by atoms with Gasteiger partial charge in [-0.05, 0) is 49.9 Å². The summed E-state index contributed by atoms with van der Waals surface area (Å²) in [6, 6.07) is 16.5. The van der Waals surface area contributed by atoms with Crippen molar-refractivity contribution >= 4 is 11.6 Å². The molecule has 2 bridgehead atoms. The van der Waals surface area contributed by atoms with E-state index < -0.39 is 0 Å². The molecular formula is C19H20ClNO2. The van der Waals surface area contributed by atoms with Gasteiger partial charge in [0.2, 0.25) is 0 Å². The van der Waals surface area contributed by atoms with Crippen LogP contribution < -0.4 is 14.8 Å². The van der Waals surface area contributed by atoms with Gasteiger partial charge in [-0.2, -0.15) is 0 Å². The molecule has 2 unspecified atom stereocenters. The maximum Gasteiger partial charge on any atom is 0.142 e. The highest BCUT2D eigenvalue weighted by atomic mass is 35.5. The molecule has 2 aliphatic rings. The van der Waals surface area contributed by atoms with E-state index in [1.165, 1.54) is 12.8 Å². The molecular weight excluding hydrogens is 310 g/mol. The third kappa shape index (κ3) is 3.46. The predicted octanol–water partition coefficient (Wildman–Crippen LogP) is 4.79. The van der Waals surface area contributed by atoms with Crippen molar-refractivity contribution < 1.29 is 9.47 Å². The molecule has 3 nitrogen and oxygen atoms in total. The standard InChI is InChI=1S/C19H20ClNO2/c20-18-9-8-16(22-15-4-2-1-3-5-15)12-19(18)23-17-10-13-6-7-14(11-17)21-13/h1-5,8-9,12-14,17,21H,6-7,10-11H2. The Hall–Kier alpha value is -1.71. The molecule has 120 valence electrons. The van der Waals surface area contributed by atoms with Gasteiger partial charge in [-0.15, -0.1) is 0 Å². The lowest BCUT2D eigenvalue weighted by molar-refractivity contribution is 0.137. The molecule has 0 spiro atoms. The Morgan fingerprint density at radius 3 is 2.39 bits per heavy atom. The molecule has 23 heavy (non-hydrogen) atoms. The zero-order valence-electron chi connectivity index (χ0n) is 12.9. The third-order valence-electron chi connectivity index (χ3n) is 4.61. The van der Waals surface area contributed by atoms with Gasteiger partial charge >= 0.3 is 0 Å². The minimum atomic E-state index is 0.234. The van der Waals surface area contributed by atoms with Crippen LogP contribution in [-0.2, 0) is 0 Å². The van der Waals surface area contributed by atoms with Gasteiger partial charge in [-0.1, -0.05) is 29.8 Å². The summed E-state index contributed by atoms with van der Waals surface area (Å²) in [5, 5.41) is 4.26. The first-order chi connectivity index (χ1) is 11.3. The fourth-order valence-corrected chi connectivity index (χ4v) is 3.71. The smallest absolute Gasteiger partial charge is 0.142 e. The van der Waals surface area contributed by atoms with Gasteiger partial charge in [0.25, 0.3) is 0 Å². The van der Waals surface area contributed by atoms with Gasteiger partial charge in [-0.25, -0.2) is 0 Å². The molecule has 4 rings (SSSR count). The molecule has 2 aliphatic heterocycles. The summed E-state index contributed by atoms with van der Waals surface area (Å²) >= 11 is 6.31. The molecule has 2 aromatic carbocycles. The number of halogens is 1. The van der Waals surface area contributed by atoms with E-state index in [1.54, 1.807) is 0 Å². The number of hydrogen-bond acceptors (Lipinski definition) is 3. The Balaban J connectivity index is 1.48. The van der Waals surface area contributed by atoms with Crippen molar-refractivity contribution in [1.82, 2.24) is 5.32 Å². The van der Waals surface area contributed by atoms with E-state index in [0.29, 0.717) is 22.9 Å². The lowest BCUT2D eigenvalue weighted by Gasteiger charge is -2.29. The maximum absolute atomic E-state index is 6.31. The maximum atomic E-state index is 6.31. The molecule has 1 N–H and O–H groups in total. The summed E-state index contributed by atoms with van der Waals surface area (Å²) in [5.41, 5.74) is 0. The van der Waals surface area contributed by atoms with Crippen LogP contribution in [0.3, 0.4) is 0 Å². The molecule has 2 atom stereocenters. The Labute approximate surface area is 141 Å². The molecule has 4 heteroatoms. The van der Waals surface area contributed by atoms with Crippen LogP contribution in [0.2, 0.25) is 5.02 Å².